The van der Waals surface area contributed by atoms with Crippen LogP contribution in [0.15, 0.2) is 291 Å². The summed E-state index contributed by atoms with van der Waals surface area (Å²) in [6, 6.07) is 103. The fraction of sp³-hybridized carbons (Fsp3) is 0.0370. The third-order valence-electron chi connectivity index (χ3n) is 19.2. The molecule has 8 nitrogen and oxygen atoms in total. The number of hydrogen-bond donors (Lipinski definition) is 0. The number of para-hydroxylation sites is 5. The summed E-state index contributed by atoms with van der Waals surface area (Å²) in [5, 5.41) is 2.20. The number of aromatic nitrogens is 4. The van der Waals surface area contributed by atoms with Crippen LogP contribution in [0.2, 0.25) is 0 Å². The number of rotatable bonds is 9. The molecule has 0 amide bonds. The van der Waals surface area contributed by atoms with Gasteiger partial charge in [-0.2, -0.15) is 0 Å². The molecular formula is C81H54BN7O. The van der Waals surface area contributed by atoms with E-state index < -0.39 is 0 Å². The highest BCUT2D eigenvalue weighted by Crippen LogP contribution is 2.54. The van der Waals surface area contributed by atoms with E-state index in [4.69, 9.17) is 9.72 Å². The lowest BCUT2D eigenvalue weighted by Gasteiger charge is -2.49. The van der Waals surface area contributed by atoms with Crippen LogP contribution < -0.4 is 40.4 Å². The Labute approximate surface area is 521 Å². The molecule has 4 aliphatic heterocycles. The van der Waals surface area contributed by atoms with Crippen molar-refractivity contribution >= 4 is 107 Å². The summed E-state index contributed by atoms with van der Waals surface area (Å²) in [6.45, 7) is 4.59. The molecule has 0 spiro atoms. The van der Waals surface area contributed by atoms with Crippen molar-refractivity contribution in [3.8, 4) is 50.8 Å². The molecule has 0 fully saturated rings. The van der Waals surface area contributed by atoms with Crippen LogP contribution in [0, 0.1) is 6.33 Å². The van der Waals surface area contributed by atoms with E-state index in [1.54, 1.807) is 0 Å². The van der Waals surface area contributed by atoms with Gasteiger partial charge in [0.05, 0.1) is 39.3 Å². The molecular weight excluding hydrogens is 1100 g/mol. The molecule has 0 radical (unpaired) electrons. The maximum atomic E-state index is 7.16. The van der Waals surface area contributed by atoms with E-state index in [-0.39, 0.29) is 12.1 Å². The Hall–Kier alpha value is -11.7. The largest absolute Gasteiger partial charge is 0.458 e. The van der Waals surface area contributed by atoms with Crippen molar-refractivity contribution in [2.24, 2.45) is 0 Å². The van der Waals surface area contributed by atoms with E-state index in [1.807, 2.05) is 6.20 Å². The summed E-state index contributed by atoms with van der Waals surface area (Å²) in [6.07, 6.45) is 5.89. The molecule has 0 atom stereocenters. The van der Waals surface area contributed by atoms with Gasteiger partial charge in [-0.15, -0.1) is 0 Å². The van der Waals surface area contributed by atoms with Gasteiger partial charge in [-0.25, -0.2) is 4.98 Å². The smallest absolute Gasteiger partial charge is 0.269 e. The molecule has 15 aromatic rings. The van der Waals surface area contributed by atoms with Crippen LogP contribution in [0.25, 0.3) is 72.3 Å². The molecule has 0 saturated heterocycles. The van der Waals surface area contributed by atoms with Crippen LogP contribution in [0.1, 0.15) is 25.0 Å². The van der Waals surface area contributed by atoms with Crippen LogP contribution >= 0.6 is 0 Å². The van der Waals surface area contributed by atoms with E-state index in [0.717, 1.165) is 118 Å². The molecule has 19 rings (SSSR count). The third kappa shape index (κ3) is 7.14. The standard InChI is InChI=1S/C81H54BN7O/c1-81(2)63-46-45-59(49-70(63)85-51-84(69-44-20-39-64(81)78(69)85)77-60(52-24-8-3-9-25-52)36-19-37-61(77)53-26-10-4-11-27-53)90-58-35-18-34-57(48-58)89-71-50-72-76-79(73(71)62-38-23-47-83-80(62)89)88(56-32-16-7-17-33-56)68-43-22-41-66-75(68)82(76)74-65(86(66)54-28-12-5-13-29-54)40-21-42-67(74)87(72)55-30-14-6-15-31-55/h3-50H,1-2H3. The number of fused-ring (bicyclic) bond motifs is 6. The molecule has 4 aliphatic rings. The van der Waals surface area contributed by atoms with E-state index >= 15 is 0 Å². The zero-order chi connectivity index (χ0) is 59.3. The van der Waals surface area contributed by atoms with Gasteiger partial charge in [-0.05, 0) is 153 Å². The lowest BCUT2D eigenvalue weighted by atomic mass is 9.31. The Morgan fingerprint density at radius 3 is 1.60 bits per heavy atom. The highest BCUT2D eigenvalue weighted by atomic mass is 16.5. The molecule has 0 unspecified atom stereocenters. The van der Waals surface area contributed by atoms with E-state index in [0.29, 0.717) is 5.75 Å². The Morgan fingerprint density at radius 2 is 0.967 bits per heavy atom. The molecule has 0 aliphatic carbocycles. The fourth-order valence-corrected chi connectivity index (χ4v) is 15.5. The lowest BCUT2D eigenvalue weighted by molar-refractivity contribution is -0.571. The van der Waals surface area contributed by atoms with Gasteiger partial charge in [0.2, 0.25) is 0 Å². The van der Waals surface area contributed by atoms with Gasteiger partial charge in [0, 0.05) is 73.9 Å². The van der Waals surface area contributed by atoms with Crippen LogP contribution in [-0.2, 0) is 5.41 Å². The second-order valence-electron chi connectivity index (χ2n) is 24.4. The van der Waals surface area contributed by atoms with Crippen molar-refractivity contribution in [3.63, 3.8) is 0 Å². The molecule has 3 aromatic heterocycles. The van der Waals surface area contributed by atoms with Crippen molar-refractivity contribution < 1.29 is 9.30 Å². The fourth-order valence-electron chi connectivity index (χ4n) is 15.5. The Kier molecular flexibility index (Phi) is 10.7. The molecule has 7 heterocycles. The van der Waals surface area contributed by atoms with Gasteiger partial charge >= 0.3 is 0 Å². The molecule has 0 N–H and O–H groups in total. The van der Waals surface area contributed by atoms with Gasteiger partial charge in [0.1, 0.15) is 17.1 Å². The first-order chi connectivity index (χ1) is 44.5. The Morgan fingerprint density at radius 1 is 0.433 bits per heavy atom. The van der Waals surface area contributed by atoms with Crippen LogP contribution in [-0.4, -0.2) is 20.8 Å². The van der Waals surface area contributed by atoms with Crippen molar-refractivity contribution in [1.29, 1.82) is 0 Å². The lowest BCUT2D eigenvalue weighted by Crippen LogP contribution is -2.64. The zero-order valence-corrected chi connectivity index (χ0v) is 49.3. The monoisotopic (exact) mass is 1150 g/mol. The Balaban J connectivity index is 0.800. The van der Waals surface area contributed by atoms with Gasteiger partial charge in [0.25, 0.3) is 13.0 Å². The van der Waals surface area contributed by atoms with E-state index in [1.165, 1.54) is 38.9 Å². The average Bonchev–Trinajstić information content (AvgIpc) is 1.06. The number of benzene rings is 12. The van der Waals surface area contributed by atoms with Crippen LogP contribution in [0.3, 0.4) is 0 Å². The molecule has 422 valence electrons. The average molecular weight is 1150 g/mol. The van der Waals surface area contributed by atoms with Crippen molar-refractivity contribution in [1.82, 2.24) is 14.1 Å². The first-order valence-electron chi connectivity index (χ1n) is 30.9. The maximum absolute atomic E-state index is 7.16. The Bertz CT molecular complexity index is 5380. The maximum Gasteiger partial charge on any atom is 0.269 e. The molecule has 90 heavy (non-hydrogen) atoms. The quantitative estimate of drug-likeness (QED) is 0.0819. The third-order valence-corrected chi connectivity index (χ3v) is 19.2. The molecule has 9 heteroatoms. The number of pyridine rings is 1. The highest BCUT2D eigenvalue weighted by Gasteiger charge is 2.50. The van der Waals surface area contributed by atoms with Gasteiger partial charge in [-0.1, -0.05) is 190 Å². The van der Waals surface area contributed by atoms with Crippen molar-refractivity contribution in [2.45, 2.75) is 19.3 Å². The summed E-state index contributed by atoms with van der Waals surface area (Å²) in [7, 11) is 0. The SMILES string of the molecule is CC1(C)c2ccc(Oc3cccc(-n4c5cc6c7c(c5c5cccnc54)N(c4ccccc4)c4cccc5c4B7c4c(cccc4N6c4ccccc4)N5c4ccccc4)c3)cc2-n2[c-][n+](-c3c(-c4ccccc4)cccc3-c3ccccc3)c3cccc1c32. The number of nitrogens with zero attached hydrogens (tertiary/aromatic N) is 7. The van der Waals surface area contributed by atoms with Crippen LogP contribution in [0.4, 0.5) is 51.2 Å². The molecule has 0 bridgehead atoms. The highest BCUT2D eigenvalue weighted by molar-refractivity contribution is 7.03. The predicted molar refractivity (Wildman–Crippen MR) is 368 cm³/mol. The van der Waals surface area contributed by atoms with Gasteiger partial charge in [0.15, 0.2) is 0 Å². The topological polar surface area (TPSA) is 45.6 Å². The number of hydrogen-bond acceptors (Lipinski definition) is 5. The van der Waals surface area contributed by atoms with Gasteiger partial charge < -0.3 is 19.4 Å². The van der Waals surface area contributed by atoms with E-state index in [9.17, 15) is 0 Å². The molecule has 0 saturated carbocycles. The first kappa shape index (κ1) is 50.5. The minimum Gasteiger partial charge on any atom is -0.458 e. The minimum absolute atomic E-state index is 0.0820. The minimum atomic E-state index is -0.336. The normalized spacial score (nSPS) is 13.7. The summed E-state index contributed by atoms with van der Waals surface area (Å²) in [5.74, 6) is 1.43. The predicted octanol–water partition coefficient (Wildman–Crippen LogP) is 17.8. The van der Waals surface area contributed by atoms with Crippen molar-refractivity contribution in [2.75, 3.05) is 14.7 Å². The zero-order valence-electron chi connectivity index (χ0n) is 49.3. The second-order valence-corrected chi connectivity index (χ2v) is 24.4. The van der Waals surface area contributed by atoms with E-state index in [2.05, 4.69) is 334 Å². The number of ether oxygens (including phenoxy) is 1. The first-order valence-corrected chi connectivity index (χ1v) is 30.9. The van der Waals surface area contributed by atoms with Crippen molar-refractivity contribution in [3.05, 3.63) is 309 Å². The number of imidazole rings is 1. The summed E-state index contributed by atoms with van der Waals surface area (Å²) in [5.41, 5.74) is 27.9. The summed E-state index contributed by atoms with van der Waals surface area (Å²) in [4.78, 5) is 12.8. The van der Waals surface area contributed by atoms with Crippen LogP contribution in [0.5, 0.6) is 11.5 Å². The summed E-state index contributed by atoms with van der Waals surface area (Å²) >= 11 is 0. The number of anilines is 9. The summed E-state index contributed by atoms with van der Waals surface area (Å²) < 4.78 is 14.1. The molecule has 12 aromatic carbocycles. The van der Waals surface area contributed by atoms with Gasteiger partial charge in [-0.3, -0.25) is 13.7 Å². The second kappa shape index (κ2) is 19.2.